The number of hydrogen-bond acceptors (Lipinski definition) is 6. The lowest BCUT2D eigenvalue weighted by atomic mass is 9.71. The number of hydrogen-bond donors (Lipinski definition) is 0. The van der Waals surface area contributed by atoms with Crippen molar-refractivity contribution in [3.63, 3.8) is 0 Å². The van der Waals surface area contributed by atoms with Gasteiger partial charge in [-0.1, -0.05) is 117 Å². The summed E-state index contributed by atoms with van der Waals surface area (Å²) >= 11 is 0. The summed E-state index contributed by atoms with van der Waals surface area (Å²) in [6.07, 6.45) is 6.33. The molecule has 0 N–H and O–H groups in total. The van der Waals surface area contributed by atoms with Crippen LogP contribution in [0, 0.1) is 0 Å². The molecular weight excluding hydrogens is 681 g/mol. The van der Waals surface area contributed by atoms with Gasteiger partial charge in [0.2, 0.25) is 0 Å². The predicted molar refractivity (Wildman–Crippen MR) is 220 cm³/mol. The Morgan fingerprint density at radius 1 is 0.636 bits per heavy atom. The van der Waals surface area contributed by atoms with E-state index in [1.54, 1.807) is 21.3 Å². The fraction of sp³-hybridized carbons (Fsp3) is 0.184. The maximum absolute atomic E-state index is 7.73. The lowest BCUT2D eigenvalue weighted by molar-refractivity contribution is 0.158. The van der Waals surface area contributed by atoms with Crippen LogP contribution >= 0.6 is 0 Å². The molecule has 1 aliphatic carbocycles. The van der Waals surface area contributed by atoms with E-state index < -0.39 is 5.60 Å². The van der Waals surface area contributed by atoms with Crippen molar-refractivity contribution in [3.8, 4) is 56.8 Å². The molecule has 2 heterocycles. The van der Waals surface area contributed by atoms with Crippen LogP contribution in [-0.2, 0) is 11.0 Å². The molecule has 2 aliphatic rings. The summed E-state index contributed by atoms with van der Waals surface area (Å²) in [6, 6.07) is 43.6. The third-order valence-electron chi connectivity index (χ3n) is 11.7. The van der Waals surface area contributed by atoms with Gasteiger partial charge in [-0.3, -0.25) is 0 Å². The molecule has 7 aromatic rings. The number of ether oxygens (including phenoxy) is 4. The van der Waals surface area contributed by atoms with Crippen molar-refractivity contribution in [1.82, 2.24) is 9.97 Å². The van der Waals surface area contributed by atoms with Crippen molar-refractivity contribution in [2.24, 2.45) is 0 Å². The first-order valence-electron chi connectivity index (χ1n) is 18.9. The minimum atomic E-state index is -1.16. The van der Waals surface area contributed by atoms with Gasteiger partial charge in [-0.25, -0.2) is 9.97 Å². The summed E-state index contributed by atoms with van der Waals surface area (Å²) in [5, 5.41) is 1.99. The number of benzene rings is 6. The highest BCUT2D eigenvalue weighted by Crippen LogP contribution is 2.61. The smallest absolute Gasteiger partial charge is 0.194 e. The van der Waals surface area contributed by atoms with Crippen LogP contribution < -0.4 is 18.9 Å². The highest BCUT2D eigenvalue weighted by molar-refractivity contribution is 6.09. The Balaban J connectivity index is 1.39. The van der Waals surface area contributed by atoms with E-state index in [2.05, 4.69) is 92.7 Å². The van der Waals surface area contributed by atoms with Crippen LogP contribution in [0.3, 0.4) is 0 Å². The van der Waals surface area contributed by atoms with Crippen LogP contribution in [0.1, 0.15) is 54.6 Å². The van der Waals surface area contributed by atoms with E-state index in [4.69, 9.17) is 28.9 Å². The first-order chi connectivity index (χ1) is 27.0. The molecule has 0 saturated heterocycles. The quantitative estimate of drug-likeness (QED) is 0.148. The average Bonchev–Trinajstić information content (AvgIpc) is 3.57. The van der Waals surface area contributed by atoms with E-state index in [1.165, 1.54) is 22.3 Å². The second kappa shape index (κ2) is 13.5. The molecule has 9 rings (SSSR count). The van der Waals surface area contributed by atoms with Crippen LogP contribution in [0.4, 0.5) is 0 Å². The van der Waals surface area contributed by atoms with Gasteiger partial charge in [-0.15, -0.1) is 0 Å². The number of methoxy groups -OCH3 is 3. The topological polar surface area (TPSA) is 62.7 Å². The monoisotopic (exact) mass is 722 g/mol. The van der Waals surface area contributed by atoms with Gasteiger partial charge in [-0.05, 0) is 76.9 Å². The van der Waals surface area contributed by atoms with E-state index in [0.717, 1.165) is 63.1 Å². The second-order valence-corrected chi connectivity index (χ2v) is 14.2. The van der Waals surface area contributed by atoms with Gasteiger partial charge in [0.1, 0.15) is 11.5 Å². The molecule has 0 saturated carbocycles. The molecule has 6 aromatic carbocycles. The van der Waals surface area contributed by atoms with Crippen molar-refractivity contribution in [3.05, 3.63) is 161 Å². The van der Waals surface area contributed by atoms with Gasteiger partial charge < -0.3 is 18.9 Å². The molecular formula is C49H42N2O4. The Bertz CT molecular complexity index is 2540. The maximum Gasteiger partial charge on any atom is 0.194 e. The Kier molecular flexibility index (Phi) is 8.42. The molecule has 0 radical (unpaired) electrons. The molecule has 1 atom stereocenters. The van der Waals surface area contributed by atoms with Crippen molar-refractivity contribution in [2.45, 2.75) is 37.7 Å². The summed E-state index contributed by atoms with van der Waals surface area (Å²) in [5.74, 6) is 3.44. The van der Waals surface area contributed by atoms with Gasteiger partial charge >= 0.3 is 0 Å². The number of nitrogens with zero attached hydrogens (tertiary/aromatic N) is 2. The second-order valence-electron chi connectivity index (χ2n) is 14.2. The molecule has 0 amide bonds. The van der Waals surface area contributed by atoms with Crippen molar-refractivity contribution in [1.29, 1.82) is 0 Å². The van der Waals surface area contributed by atoms with Gasteiger partial charge in [-0.2, -0.15) is 0 Å². The summed E-state index contributed by atoms with van der Waals surface area (Å²) in [7, 11) is 5.05. The fourth-order valence-corrected chi connectivity index (χ4v) is 8.87. The lowest BCUT2D eigenvalue weighted by Gasteiger charge is -2.39. The van der Waals surface area contributed by atoms with Crippen LogP contribution in [-0.4, -0.2) is 31.3 Å². The van der Waals surface area contributed by atoms with Crippen LogP contribution in [0.2, 0.25) is 0 Å². The molecule has 0 spiro atoms. The number of fused-ring (bicyclic) bond motifs is 8. The van der Waals surface area contributed by atoms with E-state index in [1.807, 2.05) is 60.7 Å². The summed E-state index contributed by atoms with van der Waals surface area (Å²) in [5.41, 5.74) is 9.11. The highest BCUT2D eigenvalue weighted by atomic mass is 16.5. The zero-order valence-electron chi connectivity index (χ0n) is 31.7. The van der Waals surface area contributed by atoms with Crippen LogP contribution in [0.5, 0.6) is 23.0 Å². The first-order valence-corrected chi connectivity index (χ1v) is 18.9. The number of aromatic nitrogens is 2. The molecule has 1 aromatic heterocycles. The SMILES string of the molecule is CCC1(CC)c2ccccc2-c2c1c1c(c3cc(OC)c(OC)cc23)OC(c2ccc(OC)cc2)(c2cc(-c3ccccc3)nc(-c3ccccc3)n2)C=C1. The van der Waals surface area contributed by atoms with Crippen molar-refractivity contribution in [2.75, 3.05) is 21.3 Å². The van der Waals surface area contributed by atoms with Gasteiger partial charge in [0, 0.05) is 33.1 Å². The molecule has 0 fully saturated rings. The standard InChI is InChI=1S/C49H42N2O4/c1-6-48(7-2)39-21-15-14-20-35(39)44-37-28-41(53-4)42(54-5)29-38(37)46-36(45(44)48)26-27-49(55-46,33-22-24-34(52-3)25-23-33)43-30-40(31-16-10-8-11-17-31)50-47(51-43)32-18-12-9-13-19-32/h8-30H,6-7H2,1-5H3. The molecule has 55 heavy (non-hydrogen) atoms. The molecule has 1 aliphatic heterocycles. The minimum Gasteiger partial charge on any atom is -0.497 e. The van der Waals surface area contributed by atoms with Gasteiger partial charge in [0.05, 0.1) is 32.7 Å². The Hall–Kier alpha value is -6.40. The summed E-state index contributed by atoms with van der Waals surface area (Å²) in [6.45, 7) is 4.60. The molecule has 6 nitrogen and oxygen atoms in total. The van der Waals surface area contributed by atoms with E-state index in [9.17, 15) is 0 Å². The highest BCUT2D eigenvalue weighted by Gasteiger charge is 2.47. The summed E-state index contributed by atoms with van der Waals surface area (Å²) < 4.78 is 25.2. The van der Waals surface area contributed by atoms with Gasteiger partial charge in [0.15, 0.2) is 22.9 Å². The first kappa shape index (κ1) is 34.4. The zero-order chi connectivity index (χ0) is 37.7. The summed E-state index contributed by atoms with van der Waals surface area (Å²) in [4.78, 5) is 10.5. The largest absolute Gasteiger partial charge is 0.497 e. The zero-order valence-corrected chi connectivity index (χ0v) is 31.7. The van der Waals surface area contributed by atoms with E-state index in [-0.39, 0.29) is 5.41 Å². The average molecular weight is 723 g/mol. The van der Waals surface area contributed by atoms with E-state index >= 15 is 0 Å². The predicted octanol–water partition coefficient (Wildman–Crippen LogP) is 11.4. The molecule has 1 unspecified atom stereocenters. The normalized spacial score (nSPS) is 16.2. The molecule has 272 valence electrons. The molecule has 0 bridgehead atoms. The molecule has 6 heteroatoms. The van der Waals surface area contributed by atoms with Gasteiger partial charge in [0.25, 0.3) is 0 Å². The Morgan fingerprint density at radius 3 is 1.93 bits per heavy atom. The third-order valence-corrected chi connectivity index (χ3v) is 11.7. The van der Waals surface area contributed by atoms with Crippen molar-refractivity contribution >= 4 is 16.8 Å². The maximum atomic E-state index is 7.73. The van der Waals surface area contributed by atoms with Crippen molar-refractivity contribution < 1.29 is 18.9 Å². The number of rotatable bonds is 9. The Labute approximate surface area is 322 Å². The minimum absolute atomic E-state index is 0.221. The van der Waals surface area contributed by atoms with Crippen LogP contribution in [0.25, 0.3) is 50.6 Å². The third kappa shape index (κ3) is 5.23. The van der Waals surface area contributed by atoms with Crippen LogP contribution in [0.15, 0.2) is 133 Å². The fourth-order valence-electron chi connectivity index (χ4n) is 8.87. The Morgan fingerprint density at radius 2 is 1.27 bits per heavy atom. The lowest BCUT2D eigenvalue weighted by Crippen LogP contribution is -2.36. The van der Waals surface area contributed by atoms with E-state index in [0.29, 0.717) is 23.0 Å².